The van der Waals surface area contributed by atoms with Crippen LogP contribution in [0.1, 0.15) is 18.9 Å². The number of ketones is 1. The third-order valence-corrected chi connectivity index (χ3v) is 2.36. The van der Waals surface area contributed by atoms with Gasteiger partial charge in [-0.05, 0) is 31.0 Å². The number of methoxy groups -OCH3 is 1. The number of phenolic OH excluding ortho intramolecular Hbond substituents is 1. The summed E-state index contributed by atoms with van der Waals surface area (Å²) < 4.78 is 4.95. The maximum Gasteiger partial charge on any atom is 0.176 e. The zero-order valence-electron chi connectivity index (χ0n) is 8.71. The molecular formula is C11H13ClO3. The molecule has 1 aromatic rings. The molecule has 0 radical (unpaired) electrons. The average Bonchev–Trinajstić information content (AvgIpc) is 2.19. The lowest BCUT2D eigenvalue weighted by Gasteiger charge is -2.07. The Bertz CT molecular complexity index is 374. The summed E-state index contributed by atoms with van der Waals surface area (Å²) in [6.45, 7) is 1.54. The summed E-state index contributed by atoms with van der Waals surface area (Å²) >= 11 is 5.80. The molecule has 0 saturated heterocycles. The quantitative estimate of drug-likeness (QED) is 0.862. The van der Waals surface area contributed by atoms with E-state index in [9.17, 15) is 9.90 Å². The van der Waals surface area contributed by atoms with Crippen molar-refractivity contribution in [3.8, 4) is 11.5 Å². The Balaban J connectivity index is 2.90. The van der Waals surface area contributed by atoms with Crippen molar-refractivity contribution in [2.75, 3.05) is 7.11 Å². The van der Waals surface area contributed by atoms with Crippen molar-refractivity contribution in [1.82, 2.24) is 0 Å². The van der Waals surface area contributed by atoms with Crippen LogP contribution in [0.15, 0.2) is 12.1 Å². The fourth-order valence-electron chi connectivity index (χ4n) is 1.25. The molecule has 0 aliphatic heterocycles. The highest BCUT2D eigenvalue weighted by Gasteiger charge is 2.09. The van der Waals surface area contributed by atoms with Crippen LogP contribution in [0.5, 0.6) is 11.5 Å². The van der Waals surface area contributed by atoms with Gasteiger partial charge in [0.2, 0.25) is 0 Å². The third-order valence-electron chi connectivity index (χ3n) is 2.07. The number of phenols is 1. The van der Waals surface area contributed by atoms with E-state index >= 15 is 0 Å². The Morgan fingerprint density at radius 3 is 2.73 bits per heavy atom. The van der Waals surface area contributed by atoms with Gasteiger partial charge in [0.15, 0.2) is 11.5 Å². The number of hydrogen-bond donors (Lipinski definition) is 1. The fourth-order valence-corrected chi connectivity index (χ4v) is 1.48. The van der Waals surface area contributed by atoms with Gasteiger partial charge in [0.25, 0.3) is 0 Å². The summed E-state index contributed by atoms with van der Waals surface area (Å²) in [5.74, 6) is 0.393. The summed E-state index contributed by atoms with van der Waals surface area (Å²) in [4.78, 5) is 10.8. The molecule has 0 unspecified atom stereocenters. The number of carbonyl (C=O) groups is 1. The van der Waals surface area contributed by atoms with Crippen molar-refractivity contribution in [2.45, 2.75) is 19.8 Å². The highest BCUT2D eigenvalue weighted by molar-refractivity contribution is 6.32. The first-order chi connectivity index (χ1) is 7.04. The molecule has 1 N–H and O–H groups in total. The number of ether oxygens (including phenoxy) is 1. The predicted molar refractivity (Wildman–Crippen MR) is 58.7 cm³/mol. The van der Waals surface area contributed by atoms with E-state index in [0.717, 1.165) is 5.56 Å². The van der Waals surface area contributed by atoms with Crippen LogP contribution in [0.25, 0.3) is 0 Å². The minimum absolute atomic E-state index is 0.0641. The average molecular weight is 229 g/mol. The number of halogens is 1. The first kappa shape index (κ1) is 11.9. The number of aryl methyl sites for hydroxylation is 1. The Morgan fingerprint density at radius 1 is 1.53 bits per heavy atom. The van der Waals surface area contributed by atoms with Crippen LogP contribution in [-0.4, -0.2) is 18.0 Å². The summed E-state index contributed by atoms with van der Waals surface area (Å²) in [6.07, 6.45) is 1.07. The molecule has 15 heavy (non-hydrogen) atoms. The van der Waals surface area contributed by atoms with Crippen molar-refractivity contribution >= 4 is 17.4 Å². The molecule has 0 aliphatic carbocycles. The molecule has 0 fully saturated rings. The van der Waals surface area contributed by atoms with Gasteiger partial charge < -0.3 is 14.6 Å². The van der Waals surface area contributed by atoms with Crippen LogP contribution in [0, 0.1) is 0 Å². The van der Waals surface area contributed by atoms with E-state index in [1.165, 1.54) is 7.11 Å². The Hall–Kier alpha value is -1.22. The van der Waals surface area contributed by atoms with Gasteiger partial charge in [-0.25, -0.2) is 0 Å². The summed E-state index contributed by atoms with van der Waals surface area (Å²) in [7, 11) is 1.46. The Kier molecular flexibility index (Phi) is 3.97. The second kappa shape index (κ2) is 5.03. The number of Topliss-reactive ketones (excluding diaryl/α,β-unsaturated/α-hetero) is 1. The monoisotopic (exact) mass is 228 g/mol. The number of benzene rings is 1. The van der Waals surface area contributed by atoms with E-state index < -0.39 is 0 Å². The number of aromatic hydroxyl groups is 1. The van der Waals surface area contributed by atoms with Crippen molar-refractivity contribution in [3.05, 3.63) is 22.7 Å². The van der Waals surface area contributed by atoms with E-state index in [1.807, 2.05) is 0 Å². The van der Waals surface area contributed by atoms with Gasteiger partial charge >= 0.3 is 0 Å². The highest BCUT2D eigenvalue weighted by atomic mass is 35.5. The molecule has 3 nitrogen and oxygen atoms in total. The number of hydrogen-bond acceptors (Lipinski definition) is 3. The smallest absolute Gasteiger partial charge is 0.176 e. The Morgan fingerprint density at radius 2 is 2.20 bits per heavy atom. The predicted octanol–water partition coefficient (Wildman–Crippen LogP) is 2.58. The van der Waals surface area contributed by atoms with E-state index in [0.29, 0.717) is 18.6 Å². The first-order valence-electron chi connectivity index (χ1n) is 4.59. The van der Waals surface area contributed by atoms with Gasteiger partial charge in [-0.3, -0.25) is 0 Å². The number of carbonyl (C=O) groups excluding carboxylic acids is 1. The Labute approximate surface area is 93.6 Å². The number of rotatable bonds is 4. The molecular weight excluding hydrogens is 216 g/mol. The van der Waals surface area contributed by atoms with E-state index in [4.69, 9.17) is 16.3 Å². The molecule has 0 spiro atoms. The van der Waals surface area contributed by atoms with Crippen LogP contribution in [-0.2, 0) is 11.2 Å². The minimum Gasteiger partial charge on any atom is -0.503 e. The molecule has 1 aromatic carbocycles. The maximum absolute atomic E-state index is 10.8. The first-order valence-corrected chi connectivity index (χ1v) is 4.97. The molecule has 0 heterocycles. The molecule has 0 aromatic heterocycles. The van der Waals surface area contributed by atoms with Crippen molar-refractivity contribution in [1.29, 1.82) is 0 Å². The maximum atomic E-state index is 10.8. The molecule has 4 heteroatoms. The van der Waals surface area contributed by atoms with Crippen LogP contribution in [0.4, 0.5) is 0 Å². The molecule has 1 rings (SSSR count). The largest absolute Gasteiger partial charge is 0.503 e. The summed E-state index contributed by atoms with van der Waals surface area (Å²) in [6, 6.07) is 3.33. The SMILES string of the molecule is COc1cc(CCC(C)=O)cc(Cl)c1O. The van der Waals surface area contributed by atoms with Gasteiger partial charge in [-0.15, -0.1) is 0 Å². The lowest BCUT2D eigenvalue weighted by atomic mass is 10.1. The van der Waals surface area contributed by atoms with Crippen LogP contribution >= 0.6 is 11.6 Å². The van der Waals surface area contributed by atoms with Crippen molar-refractivity contribution < 1.29 is 14.6 Å². The van der Waals surface area contributed by atoms with Crippen molar-refractivity contribution in [2.24, 2.45) is 0 Å². The molecule has 0 bridgehead atoms. The fraction of sp³-hybridized carbons (Fsp3) is 0.364. The normalized spacial score (nSPS) is 10.1. The van der Waals surface area contributed by atoms with Crippen LogP contribution in [0.2, 0.25) is 5.02 Å². The molecule has 0 aliphatic rings. The molecule has 0 saturated carbocycles. The van der Waals surface area contributed by atoms with Crippen LogP contribution < -0.4 is 4.74 Å². The van der Waals surface area contributed by atoms with Gasteiger partial charge in [-0.2, -0.15) is 0 Å². The second-order valence-electron chi connectivity index (χ2n) is 3.33. The van der Waals surface area contributed by atoms with Gasteiger partial charge in [0, 0.05) is 6.42 Å². The molecule has 0 amide bonds. The highest BCUT2D eigenvalue weighted by Crippen LogP contribution is 2.35. The third kappa shape index (κ3) is 3.13. The van der Waals surface area contributed by atoms with Gasteiger partial charge in [-0.1, -0.05) is 11.6 Å². The second-order valence-corrected chi connectivity index (χ2v) is 3.74. The molecule has 0 atom stereocenters. The van der Waals surface area contributed by atoms with E-state index in [-0.39, 0.29) is 16.6 Å². The van der Waals surface area contributed by atoms with Crippen molar-refractivity contribution in [3.63, 3.8) is 0 Å². The van der Waals surface area contributed by atoms with Crippen LogP contribution in [0.3, 0.4) is 0 Å². The van der Waals surface area contributed by atoms with E-state index in [1.54, 1.807) is 19.1 Å². The minimum atomic E-state index is -0.0641. The lowest BCUT2D eigenvalue weighted by molar-refractivity contribution is -0.116. The lowest BCUT2D eigenvalue weighted by Crippen LogP contribution is -1.95. The summed E-state index contributed by atoms with van der Waals surface area (Å²) in [5.41, 5.74) is 0.879. The molecule has 82 valence electrons. The standard InChI is InChI=1S/C11H13ClO3/c1-7(13)3-4-8-5-9(12)11(14)10(6-8)15-2/h5-6,14H,3-4H2,1-2H3. The van der Waals surface area contributed by atoms with Gasteiger partial charge in [0.1, 0.15) is 5.78 Å². The van der Waals surface area contributed by atoms with Gasteiger partial charge in [0.05, 0.1) is 12.1 Å². The zero-order valence-corrected chi connectivity index (χ0v) is 9.47. The zero-order chi connectivity index (χ0) is 11.4. The summed E-state index contributed by atoms with van der Waals surface area (Å²) in [5, 5.41) is 9.72. The van der Waals surface area contributed by atoms with E-state index in [2.05, 4.69) is 0 Å². The topological polar surface area (TPSA) is 46.5 Å².